The van der Waals surface area contributed by atoms with E-state index in [1.54, 1.807) is 0 Å². The number of nitrogens with one attached hydrogen (secondary N) is 1. The highest BCUT2D eigenvalue weighted by atomic mass is 35.5. The summed E-state index contributed by atoms with van der Waals surface area (Å²) in [6, 6.07) is -1.76. The summed E-state index contributed by atoms with van der Waals surface area (Å²) in [7, 11) is 2.91. The van der Waals surface area contributed by atoms with Crippen LogP contribution in [0.2, 0.25) is 0 Å². The van der Waals surface area contributed by atoms with Crippen LogP contribution in [0.15, 0.2) is 0 Å². The molecule has 0 saturated carbocycles. The monoisotopic (exact) mass is 270 g/mol. The smallest absolute Gasteiger partial charge is 0.239 e. The molecule has 1 amide bonds. The normalized spacial score (nSPS) is 38.4. The van der Waals surface area contributed by atoms with Crippen molar-refractivity contribution in [3.63, 3.8) is 0 Å². The molecule has 1 aliphatic heterocycles. The molecule has 5 atom stereocenters. The van der Waals surface area contributed by atoms with Crippen molar-refractivity contribution in [3.05, 3.63) is 0 Å². The number of aliphatic hydroxyl groups excluding tert-OH is 4. The van der Waals surface area contributed by atoms with Crippen LogP contribution in [0.25, 0.3) is 0 Å². The van der Waals surface area contributed by atoms with Crippen LogP contribution in [0.3, 0.4) is 0 Å². The number of carbonyl (C=O) groups is 1. The highest BCUT2D eigenvalue weighted by Crippen LogP contribution is 2.23. The number of likely N-dealkylation sites (tertiary alicyclic amines) is 1. The van der Waals surface area contributed by atoms with E-state index in [-0.39, 0.29) is 12.4 Å². The first-order chi connectivity index (χ1) is 7.45. The van der Waals surface area contributed by atoms with Gasteiger partial charge in [-0.2, -0.15) is 0 Å². The number of rotatable bonds is 2. The Balaban J connectivity index is 0.00000256. The molecule has 1 saturated heterocycles. The van der Waals surface area contributed by atoms with Crippen LogP contribution in [0.5, 0.6) is 0 Å². The Bertz CT molecular complexity index is 268. The highest BCUT2D eigenvalue weighted by Gasteiger charge is 2.48. The van der Waals surface area contributed by atoms with E-state index in [4.69, 9.17) is 5.11 Å². The van der Waals surface area contributed by atoms with Crippen molar-refractivity contribution in [1.29, 1.82) is 0 Å². The van der Waals surface area contributed by atoms with Gasteiger partial charge in [-0.05, 0) is 7.05 Å². The zero-order valence-corrected chi connectivity index (χ0v) is 10.5. The van der Waals surface area contributed by atoms with Gasteiger partial charge in [0.25, 0.3) is 0 Å². The Kier molecular flexibility index (Phi) is 6.31. The summed E-state index contributed by atoms with van der Waals surface area (Å²) in [6.45, 7) is -0.408. The van der Waals surface area contributed by atoms with Crippen molar-refractivity contribution in [2.45, 2.75) is 30.4 Å². The number of likely N-dealkylation sites (N-methyl/N-ethyl adjacent to an activating group) is 2. The molecule has 7 nitrogen and oxygen atoms in total. The SMILES string of the molecule is CNC(=O)[C@@H]1[C@@H](O)[C@@H](O)[C@H](O)[C@@H](CO)N1C.Cl. The van der Waals surface area contributed by atoms with Crippen LogP contribution in [0, 0.1) is 0 Å². The van der Waals surface area contributed by atoms with Crippen LogP contribution in [0.1, 0.15) is 0 Å². The molecule has 0 unspecified atom stereocenters. The standard InChI is InChI=1S/C9H18N2O5.ClH/c1-10-9(16)5-7(14)8(15)6(13)4(3-12)11(5)2;/h4-8,12-15H,3H2,1-2H3,(H,10,16);1H/t4-,5+,6-,7-,8+;/m1./s1. The molecule has 0 aromatic rings. The summed E-state index contributed by atoms with van der Waals surface area (Å²) in [5.41, 5.74) is 0. The zero-order valence-electron chi connectivity index (χ0n) is 9.65. The molecule has 0 aromatic carbocycles. The summed E-state index contributed by atoms with van der Waals surface area (Å²) in [6.07, 6.45) is -4.12. The molecule has 0 aliphatic carbocycles. The molecule has 5 N–H and O–H groups in total. The molecule has 0 bridgehead atoms. The molecule has 17 heavy (non-hydrogen) atoms. The largest absolute Gasteiger partial charge is 0.395 e. The van der Waals surface area contributed by atoms with E-state index in [1.807, 2.05) is 0 Å². The Morgan fingerprint density at radius 1 is 1.24 bits per heavy atom. The first-order valence-electron chi connectivity index (χ1n) is 5.04. The minimum absolute atomic E-state index is 0. The number of carbonyl (C=O) groups excluding carboxylic acids is 1. The van der Waals surface area contributed by atoms with Gasteiger partial charge in [0, 0.05) is 7.05 Å². The quantitative estimate of drug-likeness (QED) is 0.364. The average molecular weight is 271 g/mol. The molecular weight excluding hydrogens is 252 g/mol. The van der Waals surface area contributed by atoms with Gasteiger partial charge in [0.1, 0.15) is 24.4 Å². The fourth-order valence-electron chi connectivity index (χ4n) is 2.03. The van der Waals surface area contributed by atoms with Gasteiger partial charge in [0.15, 0.2) is 0 Å². The number of piperidine rings is 1. The number of amides is 1. The minimum atomic E-state index is -1.45. The topological polar surface area (TPSA) is 113 Å². The number of halogens is 1. The first-order valence-corrected chi connectivity index (χ1v) is 5.04. The van der Waals surface area contributed by atoms with Crippen LogP contribution in [0.4, 0.5) is 0 Å². The van der Waals surface area contributed by atoms with Crippen LogP contribution in [-0.2, 0) is 4.79 Å². The van der Waals surface area contributed by atoms with E-state index < -0.39 is 42.9 Å². The van der Waals surface area contributed by atoms with Crippen molar-refractivity contribution in [2.24, 2.45) is 0 Å². The molecular formula is C9H19ClN2O5. The van der Waals surface area contributed by atoms with Crippen molar-refractivity contribution < 1.29 is 25.2 Å². The zero-order chi connectivity index (χ0) is 12.5. The number of aliphatic hydroxyl groups is 4. The Morgan fingerprint density at radius 2 is 1.76 bits per heavy atom. The number of hydrogen-bond donors (Lipinski definition) is 5. The van der Waals surface area contributed by atoms with Gasteiger partial charge in [0.2, 0.25) is 5.91 Å². The summed E-state index contributed by atoms with van der Waals surface area (Å²) in [5.74, 6) is -0.473. The molecule has 8 heteroatoms. The number of nitrogens with zero attached hydrogens (tertiary/aromatic N) is 1. The lowest BCUT2D eigenvalue weighted by atomic mass is 9.88. The molecule has 0 aromatic heterocycles. The van der Waals surface area contributed by atoms with E-state index in [9.17, 15) is 20.1 Å². The van der Waals surface area contributed by atoms with Gasteiger partial charge < -0.3 is 25.7 Å². The molecule has 0 spiro atoms. The second kappa shape index (κ2) is 6.48. The van der Waals surface area contributed by atoms with Gasteiger partial charge >= 0.3 is 0 Å². The fourth-order valence-corrected chi connectivity index (χ4v) is 2.03. The van der Waals surface area contributed by atoms with Gasteiger partial charge in [-0.15, -0.1) is 12.4 Å². The summed E-state index contributed by atoms with van der Waals surface area (Å²) >= 11 is 0. The molecule has 0 radical (unpaired) electrons. The fraction of sp³-hybridized carbons (Fsp3) is 0.889. The van der Waals surface area contributed by atoms with Gasteiger partial charge in [-0.25, -0.2) is 0 Å². The maximum Gasteiger partial charge on any atom is 0.239 e. The van der Waals surface area contributed by atoms with E-state index in [0.29, 0.717) is 0 Å². The Morgan fingerprint density at radius 3 is 2.18 bits per heavy atom. The predicted octanol–water partition coefficient (Wildman–Crippen LogP) is -3.09. The highest BCUT2D eigenvalue weighted by molar-refractivity contribution is 5.85. The maximum atomic E-state index is 11.5. The lowest BCUT2D eigenvalue weighted by Gasteiger charge is -2.45. The Hall–Kier alpha value is -0.440. The van der Waals surface area contributed by atoms with Crippen LogP contribution < -0.4 is 5.32 Å². The maximum absolute atomic E-state index is 11.5. The van der Waals surface area contributed by atoms with Crippen molar-refractivity contribution >= 4 is 18.3 Å². The Labute approximate surface area is 105 Å². The van der Waals surface area contributed by atoms with E-state index in [0.717, 1.165) is 0 Å². The molecule has 1 aliphatic rings. The van der Waals surface area contributed by atoms with Crippen LogP contribution >= 0.6 is 12.4 Å². The molecule has 1 heterocycles. The third-order valence-corrected chi connectivity index (χ3v) is 3.08. The van der Waals surface area contributed by atoms with E-state index >= 15 is 0 Å². The third-order valence-electron chi connectivity index (χ3n) is 3.08. The lowest BCUT2D eigenvalue weighted by Crippen LogP contribution is -2.69. The third kappa shape index (κ3) is 2.87. The van der Waals surface area contributed by atoms with Gasteiger partial charge in [-0.3, -0.25) is 9.69 Å². The van der Waals surface area contributed by atoms with Crippen molar-refractivity contribution in [3.8, 4) is 0 Å². The van der Waals surface area contributed by atoms with Crippen molar-refractivity contribution in [2.75, 3.05) is 20.7 Å². The predicted molar refractivity (Wildman–Crippen MR) is 61.8 cm³/mol. The first kappa shape index (κ1) is 16.6. The molecule has 1 fully saturated rings. The number of hydrogen-bond acceptors (Lipinski definition) is 6. The second-order valence-corrected chi connectivity index (χ2v) is 3.95. The molecule has 1 rings (SSSR count). The van der Waals surface area contributed by atoms with E-state index in [2.05, 4.69) is 5.32 Å². The van der Waals surface area contributed by atoms with E-state index in [1.165, 1.54) is 19.0 Å². The van der Waals surface area contributed by atoms with Crippen LogP contribution in [-0.4, -0.2) is 82.3 Å². The average Bonchev–Trinajstić information content (AvgIpc) is 2.27. The second-order valence-electron chi connectivity index (χ2n) is 3.95. The summed E-state index contributed by atoms with van der Waals surface area (Å²) in [4.78, 5) is 12.9. The van der Waals surface area contributed by atoms with Crippen molar-refractivity contribution in [1.82, 2.24) is 10.2 Å². The van der Waals surface area contributed by atoms with Gasteiger partial charge in [-0.1, -0.05) is 0 Å². The lowest BCUT2D eigenvalue weighted by molar-refractivity contribution is -0.173. The molecule has 102 valence electrons. The summed E-state index contributed by atoms with van der Waals surface area (Å²) in [5, 5.41) is 40.3. The van der Waals surface area contributed by atoms with Gasteiger partial charge in [0.05, 0.1) is 12.6 Å². The summed E-state index contributed by atoms with van der Waals surface area (Å²) < 4.78 is 0. The minimum Gasteiger partial charge on any atom is -0.395 e.